The first-order chi connectivity index (χ1) is 14.8. The van der Waals surface area contributed by atoms with Crippen LogP contribution in [0.1, 0.15) is 43.7 Å². The van der Waals surface area contributed by atoms with Crippen LogP contribution in [0.2, 0.25) is 0 Å². The second-order valence-corrected chi connectivity index (χ2v) is 9.68. The largest absolute Gasteiger partial charge is 0.491 e. The summed E-state index contributed by atoms with van der Waals surface area (Å²) >= 11 is 1.71. The average molecular weight is 449 g/mol. The third kappa shape index (κ3) is 6.76. The molecule has 0 unspecified atom stereocenters. The van der Waals surface area contributed by atoms with Gasteiger partial charge in [0.2, 0.25) is 5.91 Å². The van der Waals surface area contributed by atoms with Crippen LogP contribution in [-0.4, -0.2) is 59.7 Å². The lowest BCUT2D eigenvalue weighted by molar-refractivity contribution is -0.136. The van der Waals surface area contributed by atoms with Crippen molar-refractivity contribution in [1.29, 1.82) is 0 Å². The summed E-state index contributed by atoms with van der Waals surface area (Å²) in [6, 6.07) is 7.86. The molecular weight excluding hydrogens is 415 g/mol. The highest BCUT2D eigenvalue weighted by Gasteiger charge is 2.33. The van der Waals surface area contributed by atoms with E-state index < -0.39 is 6.10 Å². The van der Waals surface area contributed by atoms with Gasteiger partial charge < -0.3 is 14.7 Å². The van der Waals surface area contributed by atoms with Gasteiger partial charge in [0.1, 0.15) is 18.2 Å². The fourth-order valence-electron chi connectivity index (χ4n) is 3.91. The number of ether oxygens (including phenoxy) is 1. The van der Waals surface area contributed by atoms with Crippen molar-refractivity contribution in [2.24, 2.45) is 5.92 Å². The summed E-state index contributed by atoms with van der Waals surface area (Å²) < 4.78 is 19.1. The molecule has 1 aromatic carbocycles. The van der Waals surface area contributed by atoms with E-state index in [0.29, 0.717) is 31.4 Å². The molecule has 1 aromatic heterocycles. The second kappa shape index (κ2) is 11.1. The fourth-order valence-corrected chi connectivity index (χ4v) is 4.84. The van der Waals surface area contributed by atoms with E-state index in [0.717, 1.165) is 24.9 Å². The topological polar surface area (TPSA) is 53.0 Å². The molecule has 0 saturated carbocycles. The van der Waals surface area contributed by atoms with Crippen LogP contribution < -0.4 is 4.74 Å². The minimum Gasteiger partial charge on any atom is -0.491 e. The zero-order valence-corrected chi connectivity index (χ0v) is 19.4. The minimum absolute atomic E-state index is 0.0500. The van der Waals surface area contributed by atoms with Crippen LogP contribution in [0.4, 0.5) is 4.39 Å². The van der Waals surface area contributed by atoms with Crippen LogP contribution in [0.25, 0.3) is 0 Å². The van der Waals surface area contributed by atoms with Crippen molar-refractivity contribution < 1.29 is 19.0 Å². The Morgan fingerprint density at radius 1 is 1.29 bits per heavy atom. The Morgan fingerprint density at radius 2 is 2.03 bits per heavy atom. The lowest BCUT2D eigenvalue weighted by Crippen LogP contribution is -2.47. The van der Waals surface area contributed by atoms with Gasteiger partial charge in [-0.3, -0.25) is 9.69 Å². The predicted octanol–water partition coefficient (Wildman–Crippen LogP) is 4.12. The average Bonchev–Trinajstić information content (AvgIpc) is 3.20. The molecule has 2 atom stereocenters. The Bertz CT molecular complexity index is 838. The monoisotopic (exact) mass is 448 g/mol. The number of carbonyl (C=O) groups excluding carboxylic acids is 1. The van der Waals surface area contributed by atoms with Gasteiger partial charge in [0.15, 0.2) is 0 Å². The first-order valence-corrected chi connectivity index (χ1v) is 11.9. The van der Waals surface area contributed by atoms with Crippen molar-refractivity contribution in [2.75, 3.05) is 32.8 Å². The Hall–Kier alpha value is -1.96. The van der Waals surface area contributed by atoms with Gasteiger partial charge in [-0.15, -0.1) is 11.3 Å². The maximum atomic E-state index is 13.3. The van der Waals surface area contributed by atoms with Crippen LogP contribution in [0, 0.1) is 11.7 Å². The van der Waals surface area contributed by atoms with Crippen LogP contribution in [-0.2, 0) is 11.2 Å². The molecular formula is C24H33FN2O3S. The predicted molar refractivity (Wildman–Crippen MR) is 122 cm³/mol. The summed E-state index contributed by atoms with van der Waals surface area (Å²) in [5.41, 5.74) is 1.14. The summed E-state index contributed by atoms with van der Waals surface area (Å²) in [6.45, 7) is 8.59. The molecule has 5 nitrogen and oxygen atoms in total. The zero-order valence-electron chi connectivity index (χ0n) is 18.6. The number of aliphatic hydroxyl groups excluding tert-OH is 1. The van der Waals surface area contributed by atoms with E-state index in [4.69, 9.17) is 4.74 Å². The summed E-state index contributed by atoms with van der Waals surface area (Å²) in [5.74, 6) is 0.867. The number of nitrogens with zero attached hydrogens (tertiary/aromatic N) is 2. The highest BCUT2D eigenvalue weighted by Crippen LogP contribution is 2.34. The first kappa shape index (κ1) is 23.7. The third-order valence-electron chi connectivity index (χ3n) is 5.54. The van der Waals surface area contributed by atoms with E-state index in [9.17, 15) is 14.3 Å². The van der Waals surface area contributed by atoms with Gasteiger partial charge in [0, 0.05) is 18.0 Å². The smallest absolute Gasteiger partial charge is 0.237 e. The number of amides is 1. The highest BCUT2D eigenvalue weighted by atomic mass is 32.1. The van der Waals surface area contributed by atoms with Crippen molar-refractivity contribution in [3.63, 3.8) is 0 Å². The minimum atomic E-state index is -0.484. The van der Waals surface area contributed by atoms with E-state index in [1.54, 1.807) is 30.4 Å². The molecule has 0 bridgehead atoms. The number of halogens is 1. The Morgan fingerprint density at radius 3 is 2.71 bits per heavy atom. The van der Waals surface area contributed by atoms with E-state index in [1.165, 1.54) is 17.0 Å². The van der Waals surface area contributed by atoms with Crippen LogP contribution in [0.15, 0.2) is 35.7 Å². The molecule has 31 heavy (non-hydrogen) atoms. The van der Waals surface area contributed by atoms with E-state index in [2.05, 4.69) is 25.3 Å². The second-order valence-electron chi connectivity index (χ2n) is 8.68. The molecule has 1 N–H and O–H groups in total. The maximum absolute atomic E-state index is 13.3. The number of thiophene rings is 1. The van der Waals surface area contributed by atoms with E-state index in [1.807, 2.05) is 9.80 Å². The van der Waals surface area contributed by atoms with Crippen molar-refractivity contribution in [1.82, 2.24) is 9.80 Å². The van der Waals surface area contributed by atoms with Crippen LogP contribution in [0.3, 0.4) is 0 Å². The number of rotatable bonds is 10. The summed E-state index contributed by atoms with van der Waals surface area (Å²) in [6.07, 6.45) is 1.34. The van der Waals surface area contributed by atoms with E-state index in [-0.39, 0.29) is 24.3 Å². The molecule has 0 spiro atoms. The van der Waals surface area contributed by atoms with Gasteiger partial charge in [0.05, 0.1) is 18.7 Å². The van der Waals surface area contributed by atoms with Crippen LogP contribution >= 0.6 is 11.3 Å². The molecule has 0 saturated heterocycles. The molecule has 170 valence electrons. The Balaban J connectivity index is 1.71. The molecule has 1 amide bonds. The third-order valence-corrected chi connectivity index (χ3v) is 6.54. The normalized spacial score (nSPS) is 17.1. The van der Waals surface area contributed by atoms with Crippen LogP contribution in [0.5, 0.6) is 5.75 Å². The molecule has 2 aromatic rings. The number of hydrogen-bond acceptors (Lipinski definition) is 5. The molecule has 7 heteroatoms. The van der Waals surface area contributed by atoms with Gasteiger partial charge in [0.25, 0.3) is 0 Å². The summed E-state index contributed by atoms with van der Waals surface area (Å²) in [4.78, 5) is 18.6. The molecule has 2 heterocycles. The number of benzene rings is 1. The van der Waals surface area contributed by atoms with Gasteiger partial charge in [-0.25, -0.2) is 4.39 Å². The molecule has 0 radical (unpaired) electrons. The summed E-state index contributed by atoms with van der Waals surface area (Å²) in [5, 5.41) is 11.9. The molecule has 1 aliphatic rings. The SMILES string of the molecule is CC(C)CCN(CC(=O)N1CCc2sccc2[C@H]1COc1ccc(F)cc1)C[C@H](C)O. The number of fused-ring (bicyclic) bond motifs is 1. The highest BCUT2D eigenvalue weighted by molar-refractivity contribution is 7.10. The van der Waals surface area contributed by atoms with Gasteiger partial charge in [-0.2, -0.15) is 0 Å². The molecule has 3 rings (SSSR count). The zero-order chi connectivity index (χ0) is 22.4. The first-order valence-electron chi connectivity index (χ1n) is 11.0. The molecule has 0 aliphatic carbocycles. The standard InChI is InChI=1S/C24H33FN2O3S/c1-17(2)8-11-26(14-18(3)28)15-24(29)27-12-9-23-21(10-13-31-23)22(27)16-30-20-6-4-19(25)5-7-20/h4-7,10,13,17-18,22,28H,8-9,11-12,14-16H2,1-3H3/t18-,22+/m0/s1. The number of hydrogen-bond donors (Lipinski definition) is 1. The molecule has 1 aliphatic heterocycles. The van der Waals surface area contributed by atoms with Crippen molar-refractivity contribution in [3.05, 3.63) is 52.0 Å². The summed E-state index contributed by atoms with van der Waals surface area (Å²) in [7, 11) is 0. The van der Waals surface area contributed by atoms with Gasteiger partial charge >= 0.3 is 0 Å². The maximum Gasteiger partial charge on any atom is 0.237 e. The lowest BCUT2D eigenvalue weighted by Gasteiger charge is -2.37. The van der Waals surface area contributed by atoms with E-state index >= 15 is 0 Å². The van der Waals surface area contributed by atoms with Crippen molar-refractivity contribution in [3.8, 4) is 5.75 Å². The van der Waals surface area contributed by atoms with Crippen molar-refractivity contribution in [2.45, 2.75) is 45.8 Å². The van der Waals surface area contributed by atoms with Gasteiger partial charge in [-0.1, -0.05) is 13.8 Å². The molecule has 0 fully saturated rings. The quantitative estimate of drug-likeness (QED) is 0.594. The van der Waals surface area contributed by atoms with Crippen molar-refractivity contribution >= 4 is 17.2 Å². The fraction of sp³-hybridized carbons (Fsp3) is 0.542. The number of aliphatic hydroxyl groups is 1. The Labute approximate surface area is 188 Å². The van der Waals surface area contributed by atoms with Gasteiger partial charge in [-0.05, 0) is 73.5 Å². The number of carbonyl (C=O) groups is 1. The lowest BCUT2D eigenvalue weighted by atomic mass is 10.0. The Kier molecular flexibility index (Phi) is 8.46.